The number of benzene rings is 1. The van der Waals surface area contributed by atoms with Gasteiger partial charge in [-0.15, -0.1) is 0 Å². The molecule has 0 unspecified atom stereocenters. The van der Waals surface area contributed by atoms with Crippen molar-refractivity contribution in [1.29, 1.82) is 0 Å². The second-order valence-electron chi connectivity index (χ2n) is 6.13. The van der Waals surface area contributed by atoms with E-state index in [0.29, 0.717) is 13.1 Å². The molecule has 3 rings (SSSR count). The van der Waals surface area contributed by atoms with Gasteiger partial charge in [0.15, 0.2) is 0 Å². The zero-order chi connectivity index (χ0) is 14.9. The number of rotatable bonds is 6. The standard InChI is InChI=1S/C16H21N3O2/c17-10-16(6-7-16)15(21)18-9-11-2-1-3-13(8-11)19-14(20)12-4-5-12/h1-3,8,12H,4-7,9-10,17H2,(H,18,21)(H,19,20). The summed E-state index contributed by atoms with van der Waals surface area (Å²) >= 11 is 0. The van der Waals surface area contributed by atoms with Crippen LogP contribution < -0.4 is 16.4 Å². The Kier molecular flexibility index (Phi) is 3.68. The maximum atomic E-state index is 12.0. The van der Waals surface area contributed by atoms with Crippen LogP contribution in [-0.2, 0) is 16.1 Å². The fraction of sp³-hybridized carbons (Fsp3) is 0.500. The first-order chi connectivity index (χ1) is 10.1. The highest BCUT2D eigenvalue weighted by atomic mass is 16.2. The minimum atomic E-state index is -0.322. The molecule has 0 spiro atoms. The lowest BCUT2D eigenvalue weighted by molar-refractivity contribution is -0.126. The van der Waals surface area contributed by atoms with Gasteiger partial charge in [0.1, 0.15) is 0 Å². The third-order valence-corrected chi connectivity index (χ3v) is 4.32. The normalized spacial score (nSPS) is 18.9. The van der Waals surface area contributed by atoms with E-state index in [9.17, 15) is 9.59 Å². The number of hydrogen-bond acceptors (Lipinski definition) is 3. The second-order valence-corrected chi connectivity index (χ2v) is 6.13. The highest BCUT2D eigenvalue weighted by Gasteiger charge is 2.48. The molecular formula is C16H21N3O2. The monoisotopic (exact) mass is 287 g/mol. The van der Waals surface area contributed by atoms with E-state index < -0.39 is 0 Å². The second kappa shape index (κ2) is 5.48. The Balaban J connectivity index is 1.55. The van der Waals surface area contributed by atoms with Crippen molar-refractivity contribution in [2.24, 2.45) is 17.1 Å². The minimum absolute atomic E-state index is 0.0393. The number of nitrogens with one attached hydrogen (secondary N) is 2. The van der Waals surface area contributed by atoms with Gasteiger partial charge in [-0.3, -0.25) is 9.59 Å². The minimum Gasteiger partial charge on any atom is -0.352 e. The summed E-state index contributed by atoms with van der Waals surface area (Å²) in [7, 11) is 0. The van der Waals surface area contributed by atoms with Gasteiger partial charge in [-0.05, 0) is 43.4 Å². The summed E-state index contributed by atoms with van der Waals surface area (Å²) in [5.74, 6) is 0.321. The third kappa shape index (κ3) is 3.24. The van der Waals surface area contributed by atoms with Gasteiger partial charge in [0.2, 0.25) is 11.8 Å². The number of nitrogens with two attached hydrogens (primary N) is 1. The first kappa shape index (κ1) is 14.1. The zero-order valence-corrected chi connectivity index (χ0v) is 12.0. The molecule has 0 atom stereocenters. The van der Waals surface area contributed by atoms with E-state index in [1.165, 1.54) is 0 Å². The van der Waals surface area contributed by atoms with Crippen LogP contribution in [0.4, 0.5) is 5.69 Å². The molecule has 2 amide bonds. The molecule has 4 N–H and O–H groups in total. The molecule has 2 saturated carbocycles. The fourth-order valence-electron chi connectivity index (χ4n) is 2.39. The molecule has 5 heteroatoms. The lowest BCUT2D eigenvalue weighted by Gasteiger charge is -2.13. The van der Waals surface area contributed by atoms with Gasteiger partial charge in [-0.2, -0.15) is 0 Å². The van der Waals surface area contributed by atoms with E-state index in [2.05, 4.69) is 10.6 Å². The highest BCUT2D eigenvalue weighted by Crippen LogP contribution is 2.44. The molecule has 0 aliphatic heterocycles. The summed E-state index contributed by atoms with van der Waals surface area (Å²) in [6, 6.07) is 7.60. The van der Waals surface area contributed by atoms with E-state index in [1.807, 2.05) is 24.3 Å². The number of carbonyl (C=O) groups is 2. The van der Waals surface area contributed by atoms with Gasteiger partial charge in [0.25, 0.3) is 0 Å². The van der Waals surface area contributed by atoms with Crippen LogP contribution >= 0.6 is 0 Å². The Morgan fingerprint density at radius 2 is 2.05 bits per heavy atom. The molecule has 2 aliphatic rings. The average molecular weight is 287 g/mol. The first-order valence-corrected chi connectivity index (χ1v) is 7.51. The van der Waals surface area contributed by atoms with Crippen molar-refractivity contribution in [2.75, 3.05) is 11.9 Å². The van der Waals surface area contributed by atoms with E-state index in [4.69, 9.17) is 5.73 Å². The van der Waals surface area contributed by atoms with Crippen LogP contribution in [0.3, 0.4) is 0 Å². The molecule has 0 radical (unpaired) electrons. The summed E-state index contributed by atoms with van der Waals surface area (Å²) in [4.78, 5) is 23.8. The maximum Gasteiger partial charge on any atom is 0.227 e. The molecule has 0 bridgehead atoms. The van der Waals surface area contributed by atoms with Gasteiger partial charge >= 0.3 is 0 Å². The lowest BCUT2D eigenvalue weighted by Crippen LogP contribution is -2.36. The number of hydrogen-bond donors (Lipinski definition) is 3. The van der Waals surface area contributed by atoms with Crippen LogP contribution in [0, 0.1) is 11.3 Å². The van der Waals surface area contributed by atoms with Gasteiger partial charge in [0, 0.05) is 24.7 Å². The van der Waals surface area contributed by atoms with Gasteiger partial charge in [0.05, 0.1) is 5.41 Å². The summed E-state index contributed by atoms with van der Waals surface area (Å²) in [6.07, 6.45) is 3.74. The van der Waals surface area contributed by atoms with Crippen molar-refractivity contribution in [3.63, 3.8) is 0 Å². The summed E-state index contributed by atoms with van der Waals surface area (Å²) < 4.78 is 0. The largest absolute Gasteiger partial charge is 0.352 e. The Morgan fingerprint density at radius 1 is 1.29 bits per heavy atom. The quantitative estimate of drug-likeness (QED) is 0.739. The molecule has 0 aromatic heterocycles. The average Bonchev–Trinajstić information content (AvgIpc) is 3.39. The van der Waals surface area contributed by atoms with Crippen LogP contribution in [0.15, 0.2) is 24.3 Å². The maximum absolute atomic E-state index is 12.0. The molecule has 2 fully saturated rings. The molecule has 5 nitrogen and oxygen atoms in total. The predicted molar refractivity (Wildman–Crippen MR) is 80.4 cm³/mol. The molecule has 2 aliphatic carbocycles. The SMILES string of the molecule is NCC1(C(=O)NCc2cccc(NC(=O)C3CC3)c2)CC1. The van der Waals surface area contributed by atoms with Crippen molar-refractivity contribution in [3.8, 4) is 0 Å². The van der Waals surface area contributed by atoms with Crippen molar-refractivity contribution in [2.45, 2.75) is 32.2 Å². The number of carbonyl (C=O) groups excluding carboxylic acids is 2. The predicted octanol–water partition coefficient (Wildman–Crippen LogP) is 1.39. The highest BCUT2D eigenvalue weighted by molar-refractivity contribution is 5.94. The van der Waals surface area contributed by atoms with E-state index in [-0.39, 0.29) is 23.1 Å². The van der Waals surface area contributed by atoms with Gasteiger partial charge in [-0.1, -0.05) is 12.1 Å². The molecule has 0 saturated heterocycles. The summed E-state index contributed by atoms with van der Waals surface area (Å²) in [5.41, 5.74) is 7.09. The Morgan fingerprint density at radius 3 is 2.67 bits per heavy atom. The number of amides is 2. The van der Waals surface area contributed by atoms with Crippen LogP contribution in [0.5, 0.6) is 0 Å². The van der Waals surface area contributed by atoms with Crippen molar-refractivity contribution in [1.82, 2.24) is 5.32 Å². The fourth-order valence-corrected chi connectivity index (χ4v) is 2.39. The number of anilines is 1. The van der Waals surface area contributed by atoms with Crippen molar-refractivity contribution < 1.29 is 9.59 Å². The van der Waals surface area contributed by atoms with E-state index in [0.717, 1.165) is 36.9 Å². The molecule has 112 valence electrons. The Bertz CT molecular complexity index is 562. The third-order valence-electron chi connectivity index (χ3n) is 4.32. The van der Waals surface area contributed by atoms with Crippen molar-refractivity contribution >= 4 is 17.5 Å². The Hall–Kier alpha value is -1.88. The van der Waals surface area contributed by atoms with Crippen LogP contribution in [-0.4, -0.2) is 18.4 Å². The molecule has 21 heavy (non-hydrogen) atoms. The topological polar surface area (TPSA) is 84.2 Å². The van der Waals surface area contributed by atoms with Crippen LogP contribution in [0.25, 0.3) is 0 Å². The van der Waals surface area contributed by atoms with Crippen molar-refractivity contribution in [3.05, 3.63) is 29.8 Å². The van der Waals surface area contributed by atoms with Crippen LogP contribution in [0.2, 0.25) is 0 Å². The summed E-state index contributed by atoms with van der Waals surface area (Å²) in [5, 5.41) is 5.85. The smallest absolute Gasteiger partial charge is 0.227 e. The lowest BCUT2D eigenvalue weighted by atomic mass is 10.1. The van der Waals surface area contributed by atoms with E-state index >= 15 is 0 Å². The zero-order valence-electron chi connectivity index (χ0n) is 12.0. The first-order valence-electron chi connectivity index (χ1n) is 7.51. The molecule has 1 aromatic carbocycles. The van der Waals surface area contributed by atoms with E-state index in [1.54, 1.807) is 0 Å². The van der Waals surface area contributed by atoms with Gasteiger partial charge < -0.3 is 16.4 Å². The van der Waals surface area contributed by atoms with Gasteiger partial charge in [-0.25, -0.2) is 0 Å². The molecular weight excluding hydrogens is 266 g/mol. The molecule has 1 aromatic rings. The summed E-state index contributed by atoms with van der Waals surface area (Å²) in [6.45, 7) is 0.879. The Labute approximate surface area is 124 Å². The van der Waals surface area contributed by atoms with Crippen LogP contribution in [0.1, 0.15) is 31.2 Å². The molecule has 0 heterocycles.